The van der Waals surface area contributed by atoms with Gasteiger partial charge in [0.1, 0.15) is 11.4 Å². The summed E-state index contributed by atoms with van der Waals surface area (Å²) in [5.74, 6) is 0.357. The van der Waals surface area contributed by atoms with Crippen LogP contribution < -0.4 is 10.6 Å². The predicted octanol–water partition coefficient (Wildman–Crippen LogP) is 2.02. The highest BCUT2D eigenvalue weighted by molar-refractivity contribution is 5.91. The van der Waals surface area contributed by atoms with Crippen molar-refractivity contribution in [2.75, 3.05) is 5.32 Å². The lowest BCUT2D eigenvalue weighted by Gasteiger charge is -2.08. The van der Waals surface area contributed by atoms with Gasteiger partial charge in [0.25, 0.3) is 0 Å². The van der Waals surface area contributed by atoms with Gasteiger partial charge < -0.3 is 10.6 Å². The maximum absolute atomic E-state index is 12.0. The van der Waals surface area contributed by atoms with Crippen LogP contribution in [0.4, 0.5) is 5.69 Å². The van der Waals surface area contributed by atoms with Gasteiger partial charge in [-0.3, -0.25) is 19.6 Å². The molecule has 3 rings (SSSR count). The quantitative estimate of drug-likeness (QED) is 0.580. The molecule has 30 heavy (non-hydrogen) atoms. The van der Waals surface area contributed by atoms with Gasteiger partial charge in [0, 0.05) is 25.1 Å². The first-order valence-corrected chi connectivity index (χ1v) is 9.55. The SMILES string of the molecule is CC(C)NC(=O)CCCC(=O)Nc1ccc(-c2nnc(-c3ccccn3)nn2)nc1. The molecule has 0 saturated heterocycles. The van der Waals surface area contributed by atoms with Gasteiger partial charge in [0.05, 0.1) is 11.9 Å². The molecule has 0 fully saturated rings. The fourth-order valence-electron chi connectivity index (χ4n) is 2.56. The van der Waals surface area contributed by atoms with Crippen molar-refractivity contribution in [2.24, 2.45) is 0 Å². The Balaban J connectivity index is 1.52. The predicted molar refractivity (Wildman–Crippen MR) is 110 cm³/mol. The van der Waals surface area contributed by atoms with E-state index in [2.05, 4.69) is 41.0 Å². The Morgan fingerprint density at radius 3 is 2.10 bits per heavy atom. The number of nitrogens with one attached hydrogen (secondary N) is 2. The third-order valence-corrected chi connectivity index (χ3v) is 3.91. The van der Waals surface area contributed by atoms with Gasteiger partial charge in [-0.2, -0.15) is 0 Å². The lowest BCUT2D eigenvalue weighted by atomic mass is 10.2. The second kappa shape index (κ2) is 10.1. The highest BCUT2D eigenvalue weighted by Crippen LogP contribution is 2.15. The molecule has 0 aromatic carbocycles. The third kappa shape index (κ3) is 6.09. The Kier molecular flexibility index (Phi) is 7.04. The molecule has 0 aliphatic heterocycles. The monoisotopic (exact) mass is 406 g/mol. The number of anilines is 1. The van der Waals surface area contributed by atoms with E-state index in [4.69, 9.17) is 0 Å². The summed E-state index contributed by atoms with van der Waals surface area (Å²) in [6, 6.07) is 8.86. The molecule has 0 aliphatic rings. The molecule has 2 amide bonds. The van der Waals surface area contributed by atoms with Gasteiger partial charge in [-0.25, -0.2) is 0 Å². The van der Waals surface area contributed by atoms with Gasteiger partial charge in [-0.05, 0) is 44.5 Å². The van der Waals surface area contributed by atoms with Gasteiger partial charge >= 0.3 is 0 Å². The first-order chi connectivity index (χ1) is 14.5. The third-order valence-electron chi connectivity index (χ3n) is 3.91. The fourth-order valence-corrected chi connectivity index (χ4v) is 2.56. The summed E-state index contributed by atoms with van der Waals surface area (Å²) in [5.41, 5.74) is 1.60. The molecular formula is C20H22N8O2. The van der Waals surface area contributed by atoms with Gasteiger partial charge in [0.2, 0.25) is 23.5 Å². The van der Waals surface area contributed by atoms with E-state index in [9.17, 15) is 9.59 Å². The smallest absolute Gasteiger partial charge is 0.224 e. The molecule has 0 saturated carbocycles. The van der Waals surface area contributed by atoms with Crippen LogP contribution in [0.5, 0.6) is 0 Å². The largest absolute Gasteiger partial charge is 0.354 e. The Morgan fingerprint density at radius 2 is 1.53 bits per heavy atom. The minimum atomic E-state index is -0.179. The molecule has 0 radical (unpaired) electrons. The molecule has 0 spiro atoms. The summed E-state index contributed by atoms with van der Waals surface area (Å²) in [6.07, 6.45) is 4.19. The highest BCUT2D eigenvalue weighted by Gasteiger charge is 2.10. The van der Waals surface area contributed by atoms with Crippen molar-refractivity contribution < 1.29 is 9.59 Å². The molecule has 3 aromatic rings. The Morgan fingerprint density at radius 1 is 0.867 bits per heavy atom. The number of hydrogen-bond donors (Lipinski definition) is 2. The molecule has 10 nitrogen and oxygen atoms in total. The number of pyridine rings is 2. The number of rotatable bonds is 8. The van der Waals surface area contributed by atoms with E-state index in [1.807, 2.05) is 19.9 Å². The number of hydrogen-bond acceptors (Lipinski definition) is 8. The number of aromatic nitrogens is 6. The summed E-state index contributed by atoms with van der Waals surface area (Å²) in [4.78, 5) is 32.0. The molecule has 0 atom stereocenters. The van der Waals surface area contributed by atoms with Gasteiger partial charge in [0.15, 0.2) is 0 Å². The van der Waals surface area contributed by atoms with Crippen LogP contribution in [-0.4, -0.2) is 48.2 Å². The maximum atomic E-state index is 12.0. The van der Waals surface area contributed by atoms with Crippen LogP contribution in [0.15, 0.2) is 42.7 Å². The average molecular weight is 406 g/mol. The Hall–Kier alpha value is -3.82. The second-order valence-electron chi connectivity index (χ2n) is 6.82. The number of carbonyl (C=O) groups excluding carboxylic acids is 2. The van der Waals surface area contributed by atoms with E-state index in [1.54, 1.807) is 30.5 Å². The van der Waals surface area contributed by atoms with Crippen molar-refractivity contribution in [2.45, 2.75) is 39.2 Å². The Labute approximate surface area is 173 Å². The van der Waals surface area contributed by atoms with Crippen molar-refractivity contribution in [1.82, 2.24) is 35.7 Å². The molecule has 154 valence electrons. The maximum Gasteiger partial charge on any atom is 0.224 e. The summed E-state index contributed by atoms with van der Waals surface area (Å²) < 4.78 is 0. The summed E-state index contributed by atoms with van der Waals surface area (Å²) >= 11 is 0. The topological polar surface area (TPSA) is 136 Å². The lowest BCUT2D eigenvalue weighted by molar-refractivity contribution is -0.121. The zero-order chi connectivity index (χ0) is 21.3. The van der Waals surface area contributed by atoms with Crippen molar-refractivity contribution in [3.63, 3.8) is 0 Å². The molecule has 3 aromatic heterocycles. The van der Waals surface area contributed by atoms with Crippen LogP contribution in [0.25, 0.3) is 23.0 Å². The standard InChI is InChI=1S/C20H22N8O2/c1-13(2)23-17(29)7-5-8-18(30)24-14-9-10-16(22-12-14)20-27-25-19(26-28-20)15-6-3-4-11-21-15/h3-4,6,9-13H,5,7-8H2,1-2H3,(H,23,29)(H,24,30). The fraction of sp³-hybridized carbons (Fsp3) is 0.300. The lowest BCUT2D eigenvalue weighted by Crippen LogP contribution is -2.30. The van der Waals surface area contributed by atoms with Crippen LogP contribution in [0.2, 0.25) is 0 Å². The van der Waals surface area contributed by atoms with Gasteiger partial charge in [-0.15, -0.1) is 20.4 Å². The van der Waals surface area contributed by atoms with E-state index in [0.717, 1.165) is 0 Å². The highest BCUT2D eigenvalue weighted by atomic mass is 16.2. The van der Waals surface area contributed by atoms with E-state index in [-0.39, 0.29) is 30.1 Å². The van der Waals surface area contributed by atoms with E-state index >= 15 is 0 Å². The average Bonchev–Trinajstić information content (AvgIpc) is 2.74. The number of carbonyl (C=O) groups is 2. The molecular weight excluding hydrogens is 384 g/mol. The number of amides is 2. The van der Waals surface area contributed by atoms with Crippen molar-refractivity contribution in [3.05, 3.63) is 42.7 Å². The normalized spacial score (nSPS) is 10.6. The molecule has 0 unspecified atom stereocenters. The van der Waals surface area contributed by atoms with Crippen LogP contribution in [0, 0.1) is 0 Å². The summed E-state index contributed by atoms with van der Waals surface area (Å²) in [5, 5.41) is 21.7. The van der Waals surface area contributed by atoms with E-state index in [0.29, 0.717) is 35.7 Å². The summed E-state index contributed by atoms with van der Waals surface area (Å²) in [7, 11) is 0. The van der Waals surface area contributed by atoms with E-state index in [1.165, 1.54) is 6.20 Å². The zero-order valence-corrected chi connectivity index (χ0v) is 16.7. The van der Waals surface area contributed by atoms with Crippen molar-refractivity contribution >= 4 is 17.5 Å². The Bertz CT molecular complexity index is 976. The summed E-state index contributed by atoms with van der Waals surface area (Å²) in [6.45, 7) is 3.79. The first kappa shape index (κ1) is 20.9. The van der Waals surface area contributed by atoms with Crippen LogP contribution >= 0.6 is 0 Å². The van der Waals surface area contributed by atoms with Crippen LogP contribution in [0.3, 0.4) is 0 Å². The zero-order valence-electron chi connectivity index (χ0n) is 16.7. The molecule has 0 aliphatic carbocycles. The van der Waals surface area contributed by atoms with E-state index < -0.39 is 0 Å². The first-order valence-electron chi connectivity index (χ1n) is 9.55. The molecule has 2 N–H and O–H groups in total. The molecule has 3 heterocycles. The minimum Gasteiger partial charge on any atom is -0.354 e. The van der Waals surface area contributed by atoms with Crippen LogP contribution in [0.1, 0.15) is 33.1 Å². The second-order valence-corrected chi connectivity index (χ2v) is 6.82. The minimum absolute atomic E-state index is 0.0555. The van der Waals surface area contributed by atoms with Crippen molar-refractivity contribution in [3.8, 4) is 23.0 Å². The van der Waals surface area contributed by atoms with Crippen LogP contribution in [-0.2, 0) is 9.59 Å². The molecule has 0 bridgehead atoms. The van der Waals surface area contributed by atoms with Gasteiger partial charge in [-0.1, -0.05) is 6.07 Å². The van der Waals surface area contributed by atoms with Crippen molar-refractivity contribution in [1.29, 1.82) is 0 Å². The molecule has 10 heteroatoms. The number of nitrogens with zero attached hydrogens (tertiary/aromatic N) is 6.